The monoisotopic (exact) mass is 297 g/mol. The first kappa shape index (κ1) is 16.2. The first-order valence-electron chi connectivity index (χ1n) is 6.17. The van der Waals surface area contributed by atoms with E-state index in [0.29, 0.717) is 0 Å². The summed E-state index contributed by atoms with van der Waals surface area (Å²) in [5.41, 5.74) is -0.487. The molecule has 7 heteroatoms. The molecule has 0 spiro atoms. The lowest BCUT2D eigenvalue weighted by Gasteiger charge is -2.36. The van der Waals surface area contributed by atoms with Crippen LogP contribution in [0.25, 0.3) is 0 Å². The van der Waals surface area contributed by atoms with Crippen LogP contribution in [0.5, 0.6) is 5.75 Å². The number of hydrogen-bond acceptors (Lipinski definition) is 4. The van der Waals surface area contributed by atoms with Gasteiger partial charge >= 0.3 is 11.7 Å². The van der Waals surface area contributed by atoms with Gasteiger partial charge in [0.1, 0.15) is 5.56 Å². The van der Waals surface area contributed by atoms with E-state index in [9.17, 15) is 20.0 Å². The second-order valence-corrected chi connectivity index (χ2v) is 10.8. The third-order valence-electron chi connectivity index (χ3n) is 3.58. The fourth-order valence-electron chi connectivity index (χ4n) is 1.35. The Labute approximate surface area is 118 Å². The fraction of sp³-hybridized carbons (Fsp3) is 0.462. The van der Waals surface area contributed by atoms with Gasteiger partial charge in [-0.1, -0.05) is 26.8 Å². The molecule has 110 valence electrons. The molecular weight excluding hydrogens is 278 g/mol. The largest absolute Gasteiger partial charge is 0.538 e. The molecule has 1 rings (SSSR count). The maximum absolute atomic E-state index is 11.2. The van der Waals surface area contributed by atoms with Crippen molar-refractivity contribution in [3.8, 4) is 5.75 Å². The molecule has 1 aromatic carbocycles. The van der Waals surface area contributed by atoms with Crippen molar-refractivity contribution in [2.75, 3.05) is 0 Å². The van der Waals surface area contributed by atoms with Crippen molar-refractivity contribution in [1.29, 1.82) is 0 Å². The zero-order chi connectivity index (χ0) is 15.7. The van der Waals surface area contributed by atoms with Gasteiger partial charge in [-0.15, -0.1) is 0 Å². The van der Waals surface area contributed by atoms with Gasteiger partial charge in [0.2, 0.25) is 0 Å². The van der Waals surface area contributed by atoms with E-state index in [-0.39, 0.29) is 22.0 Å². The molecule has 1 N–H and O–H groups in total. The Morgan fingerprint density at radius 1 is 1.35 bits per heavy atom. The van der Waals surface area contributed by atoms with Crippen LogP contribution < -0.4 is 4.43 Å². The highest BCUT2D eigenvalue weighted by atomic mass is 28.4. The molecule has 0 heterocycles. The van der Waals surface area contributed by atoms with Crippen LogP contribution in [-0.4, -0.2) is 24.3 Å². The van der Waals surface area contributed by atoms with E-state index < -0.39 is 19.2 Å². The summed E-state index contributed by atoms with van der Waals surface area (Å²) >= 11 is 0. The van der Waals surface area contributed by atoms with Gasteiger partial charge < -0.3 is 9.53 Å². The summed E-state index contributed by atoms with van der Waals surface area (Å²) in [5.74, 6) is -1.38. The first-order chi connectivity index (χ1) is 8.97. The molecule has 0 radical (unpaired) electrons. The van der Waals surface area contributed by atoms with Gasteiger partial charge in [-0.05, 0) is 24.2 Å². The number of rotatable bonds is 4. The van der Waals surface area contributed by atoms with Crippen LogP contribution >= 0.6 is 0 Å². The van der Waals surface area contributed by atoms with E-state index in [1.54, 1.807) is 0 Å². The van der Waals surface area contributed by atoms with Gasteiger partial charge in [0, 0.05) is 6.07 Å². The quantitative estimate of drug-likeness (QED) is 0.520. The molecule has 0 fully saturated rings. The Hall–Kier alpha value is -1.89. The Balaban J connectivity index is 3.42. The average molecular weight is 297 g/mol. The van der Waals surface area contributed by atoms with Crippen molar-refractivity contribution in [1.82, 2.24) is 0 Å². The van der Waals surface area contributed by atoms with Crippen LogP contribution in [0.1, 0.15) is 31.1 Å². The van der Waals surface area contributed by atoms with Crippen molar-refractivity contribution >= 4 is 20.0 Å². The van der Waals surface area contributed by atoms with Crippen molar-refractivity contribution in [2.24, 2.45) is 0 Å². The SMILES string of the molecule is CC(C)(C)[Si](C)(C)Oc1c(C(=O)O)cccc1[N+](=O)[O-]. The zero-order valence-corrected chi connectivity index (χ0v) is 13.3. The predicted octanol–water partition coefficient (Wildman–Crippen LogP) is 3.68. The number of carbonyl (C=O) groups is 1. The van der Waals surface area contributed by atoms with E-state index in [2.05, 4.69) is 0 Å². The molecule has 0 bridgehead atoms. The summed E-state index contributed by atoms with van der Waals surface area (Å²) < 4.78 is 5.87. The fourth-order valence-corrected chi connectivity index (χ4v) is 2.38. The van der Waals surface area contributed by atoms with Crippen LogP contribution in [0, 0.1) is 10.1 Å². The number of aromatic carboxylic acids is 1. The van der Waals surface area contributed by atoms with Gasteiger partial charge in [0.25, 0.3) is 8.32 Å². The van der Waals surface area contributed by atoms with Crippen molar-refractivity contribution in [3.63, 3.8) is 0 Å². The molecular formula is C13H19NO5Si. The maximum atomic E-state index is 11.2. The van der Waals surface area contributed by atoms with Gasteiger partial charge in [0.15, 0.2) is 5.75 Å². The summed E-state index contributed by atoms with van der Waals surface area (Å²) in [6.45, 7) is 9.77. The Morgan fingerprint density at radius 2 is 1.90 bits per heavy atom. The molecule has 0 aliphatic carbocycles. The second-order valence-electron chi connectivity index (χ2n) is 6.08. The minimum atomic E-state index is -2.37. The van der Waals surface area contributed by atoms with E-state index in [1.165, 1.54) is 18.2 Å². The molecule has 0 aromatic heterocycles. The molecule has 0 unspecified atom stereocenters. The van der Waals surface area contributed by atoms with Gasteiger partial charge in [0.05, 0.1) is 4.92 Å². The van der Waals surface area contributed by atoms with E-state index in [1.807, 2.05) is 33.9 Å². The number of para-hydroxylation sites is 1. The highest BCUT2D eigenvalue weighted by Gasteiger charge is 2.41. The van der Waals surface area contributed by atoms with Gasteiger partial charge in [-0.2, -0.15) is 0 Å². The third-order valence-corrected chi connectivity index (χ3v) is 7.91. The minimum Gasteiger partial charge on any atom is -0.538 e. The molecule has 0 saturated carbocycles. The summed E-state index contributed by atoms with van der Waals surface area (Å²) in [5, 5.41) is 20.1. The van der Waals surface area contributed by atoms with Gasteiger partial charge in [-0.3, -0.25) is 10.1 Å². The van der Waals surface area contributed by atoms with Crippen LogP contribution in [0.15, 0.2) is 18.2 Å². The summed E-state index contributed by atoms with van der Waals surface area (Å²) in [4.78, 5) is 21.7. The minimum absolute atomic E-state index is 0.142. The Bertz CT molecular complexity index is 516. The van der Waals surface area contributed by atoms with E-state index >= 15 is 0 Å². The second kappa shape index (κ2) is 5.24. The summed E-state index contributed by atoms with van der Waals surface area (Å²) in [6.07, 6.45) is 0. The lowest BCUT2D eigenvalue weighted by atomic mass is 10.2. The standard InChI is InChI=1S/C13H19NO5Si/c1-13(2,3)20(4,5)19-11-9(12(15)16)7-6-8-10(11)14(17)18/h6-8H,1-5H3,(H,15,16). The van der Waals surface area contributed by atoms with Crippen molar-refractivity contribution < 1.29 is 19.3 Å². The highest BCUT2D eigenvalue weighted by molar-refractivity contribution is 6.74. The number of nitro groups is 1. The molecule has 0 saturated heterocycles. The highest BCUT2D eigenvalue weighted by Crippen LogP contribution is 2.41. The van der Waals surface area contributed by atoms with Crippen LogP contribution in [0.2, 0.25) is 18.1 Å². The van der Waals surface area contributed by atoms with Crippen LogP contribution in [-0.2, 0) is 0 Å². The number of benzene rings is 1. The number of nitrogens with zero attached hydrogens (tertiary/aromatic N) is 1. The number of carboxylic acids is 1. The lowest BCUT2D eigenvalue weighted by Crippen LogP contribution is -2.44. The number of hydrogen-bond donors (Lipinski definition) is 1. The first-order valence-corrected chi connectivity index (χ1v) is 9.08. The number of nitro benzene ring substituents is 1. The summed E-state index contributed by atoms with van der Waals surface area (Å²) in [6, 6.07) is 3.92. The number of carboxylic acid groups (broad SMARTS) is 1. The maximum Gasteiger partial charge on any atom is 0.339 e. The zero-order valence-electron chi connectivity index (χ0n) is 12.3. The van der Waals surface area contributed by atoms with Crippen LogP contribution in [0.4, 0.5) is 5.69 Å². The average Bonchev–Trinajstić information content (AvgIpc) is 2.26. The normalized spacial score (nSPS) is 12.1. The summed E-state index contributed by atoms with van der Waals surface area (Å²) in [7, 11) is -2.37. The molecule has 0 atom stereocenters. The van der Waals surface area contributed by atoms with Gasteiger partial charge in [-0.25, -0.2) is 4.79 Å². The predicted molar refractivity (Wildman–Crippen MR) is 77.9 cm³/mol. The smallest absolute Gasteiger partial charge is 0.339 e. The molecule has 6 nitrogen and oxygen atoms in total. The molecule has 0 aliphatic heterocycles. The topological polar surface area (TPSA) is 89.7 Å². The van der Waals surface area contributed by atoms with Crippen LogP contribution in [0.3, 0.4) is 0 Å². The van der Waals surface area contributed by atoms with Crippen molar-refractivity contribution in [2.45, 2.75) is 38.9 Å². The Kier molecular flexibility index (Phi) is 4.23. The third kappa shape index (κ3) is 3.16. The van der Waals surface area contributed by atoms with Crippen molar-refractivity contribution in [3.05, 3.63) is 33.9 Å². The Morgan fingerprint density at radius 3 is 2.30 bits per heavy atom. The van der Waals surface area contributed by atoms with E-state index in [4.69, 9.17) is 4.43 Å². The lowest BCUT2D eigenvalue weighted by molar-refractivity contribution is -0.385. The molecule has 20 heavy (non-hydrogen) atoms. The molecule has 0 aliphatic rings. The molecule has 1 aromatic rings. The molecule has 0 amide bonds. The van der Waals surface area contributed by atoms with E-state index in [0.717, 1.165) is 0 Å².